The van der Waals surface area contributed by atoms with Gasteiger partial charge in [-0.15, -0.1) is 0 Å². The lowest BCUT2D eigenvalue weighted by molar-refractivity contribution is -0.728. The summed E-state index contributed by atoms with van der Waals surface area (Å²) in [5.74, 6) is 1.81. The van der Waals surface area contributed by atoms with Crippen LogP contribution in [0.3, 0.4) is 0 Å². The number of rotatable bonds is 9. The van der Waals surface area contributed by atoms with Gasteiger partial charge in [0, 0.05) is 28.9 Å². The fourth-order valence-electron chi connectivity index (χ4n) is 7.65. The molecule has 47 heavy (non-hydrogen) atoms. The van der Waals surface area contributed by atoms with Gasteiger partial charge in [0.25, 0.3) is 0 Å². The Morgan fingerprint density at radius 2 is 1.79 bits per heavy atom. The lowest BCUT2D eigenvalue weighted by Crippen LogP contribution is -2.57. The van der Waals surface area contributed by atoms with Gasteiger partial charge in [0.2, 0.25) is 23.1 Å². The van der Waals surface area contributed by atoms with Crippen molar-refractivity contribution in [2.75, 3.05) is 13.8 Å². The number of benzene rings is 1. The van der Waals surface area contributed by atoms with Crippen molar-refractivity contribution in [3.8, 4) is 11.3 Å². The van der Waals surface area contributed by atoms with E-state index in [4.69, 9.17) is 11.3 Å². The van der Waals surface area contributed by atoms with E-state index in [1.165, 1.54) is 33.5 Å². The third-order valence-corrected chi connectivity index (χ3v) is 13.3. The van der Waals surface area contributed by atoms with Crippen LogP contribution in [0, 0.1) is 5.41 Å². The highest BCUT2D eigenvalue weighted by Gasteiger charge is 2.48. The molecule has 2 aliphatic rings. The average Bonchev–Trinajstić information content (AvgIpc) is 3.08. The van der Waals surface area contributed by atoms with Crippen LogP contribution in [0.5, 0.6) is 0 Å². The summed E-state index contributed by atoms with van der Waals surface area (Å²) >= 11 is 0. The van der Waals surface area contributed by atoms with Crippen LogP contribution in [0.2, 0.25) is 19.6 Å². The van der Waals surface area contributed by atoms with Crippen molar-refractivity contribution in [2.24, 2.45) is 5.41 Å². The van der Waals surface area contributed by atoms with Crippen molar-refractivity contribution in [2.45, 2.75) is 111 Å². The summed E-state index contributed by atoms with van der Waals surface area (Å²) in [7, 11) is 0.168. The Labute approximate surface area is 286 Å². The third kappa shape index (κ3) is 6.46. The van der Waals surface area contributed by atoms with Crippen molar-refractivity contribution in [3.63, 3.8) is 0 Å². The van der Waals surface area contributed by atoms with E-state index in [0.717, 1.165) is 36.2 Å². The minimum Gasteiger partial charge on any atom is -0.478 e. The summed E-state index contributed by atoms with van der Waals surface area (Å²) in [6.07, 6.45) is 7.91. The number of hydrogen-bond donors (Lipinski definition) is 1. The molecule has 5 rings (SSSR count). The zero-order valence-electron chi connectivity index (χ0n) is 31.1. The first kappa shape index (κ1) is 35.0. The second-order valence-electron chi connectivity index (χ2n) is 16.0. The largest absolute Gasteiger partial charge is 0.478 e. The van der Waals surface area contributed by atoms with Crippen LogP contribution < -0.4 is 19.6 Å². The van der Waals surface area contributed by atoms with Gasteiger partial charge in [-0.05, 0) is 73.4 Å². The van der Waals surface area contributed by atoms with Crippen LogP contribution in [0.4, 0.5) is 0 Å². The van der Waals surface area contributed by atoms with E-state index in [9.17, 15) is 0 Å². The molecule has 0 spiro atoms. The van der Waals surface area contributed by atoms with Gasteiger partial charge < -0.3 is 4.74 Å². The summed E-state index contributed by atoms with van der Waals surface area (Å²) < 4.78 is 11.1. The fourth-order valence-corrected chi connectivity index (χ4v) is 9.34. The Morgan fingerprint density at radius 3 is 2.43 bits per heavy atom. The molecular weight excluding hydrogens is 591 g/mol. The standard InChI is InChI=1S/C42H59N3OSi/c1-14-42(8,9)29(5)36-24-37-34-18-16-15-17-33(34)35-20-19-28(4)40(31(7)46-26-43-10)38-23-32(27(2)3)21-22-44(38)30(6)41(35)45(37)25-39(36)47(11,12)13/h15-18,21-25,27,29,35,41,43H,6-7,14,19-20,26H2,1-5,8-13H3/q+2. The number of fused-ring (bicyclic) bond motifs is 7. The molecule has 0 radical (unpaired) electrons. The predicted molar refractivity (Wildman–Crippen MR) is 201 cm³/mol. The minimum absolute atomic E-state index is 0.0610. The lowest BCUT2D eigenvalue weighted by atomic mass is 9.73. The average molecular weight is 650 g/mol. The quantitative estimate of drug-likeness (QED) is 0.108. The Morgan fingerprint density at radius 1 is 1.09 bits per heavy atom. The van der Waals surface area contributed by atoms with Crippen molar-refractivity contribution >= 4 is 24.5 Å². The molecular formula is C42H59N3OSi+2. The van der Waals surface area contributed by atoms with Crippen molar-refractivity contribution in [1.29, 1.82) is 0 Å². The molecule has 250 valence electrons. The van der Waals surface area contributed by atoms with Gasteiger partial charge in [-0.2, -0.15) is 9.13 Å². The summed E-state index contributed by atoms with van der Waals surface area (Å²) in [5, 5.41) is 4.69. The molecule has 5 heteroatoms. The van der Waals surface area contributed by atoms with Crippen LogP contribution >= 0.6 is 0 Å². The van der Waals surface area contributed by atoms with Gasteiger partial charge in [0.1, 0.15) is 12.5 Å². The first-order chi connectivity index (χ1) is 22.1. The normalized spacial score (nSPS) is 18.8. The molecule has 3 unspecified atom stereocenters. The van der Waals surface area contributed by atoms with Crippen LogP contribution in [0.25, 0.3) is 22.5 Å². The summed E-state index contributed by atoms with van der Waals surface area (Å²) in [4.78, 5) is 0. The second kappa shape index (κ2) is 13.3. The molecule has 0 fully saturated rings. The molecule has 1 aromatic carbocycles. The molecule has 3 aromatic rings. The topological polar surface area (TPSA) is 29.0 Å². The Hall–Kier alpha value is -3.28. The smallest absolute Gasteiger partial charge is 0.249 e. The Balaban J connectivity index is 1.83. The molecule has 2 aliphatic heterocycles. The maximum atomic E-state index is 6.18. The number of hydrogen-bond acceptors (Lipinski definition) is 2. The number of allylic oxidation sites excluding steroid dienone is 3. The van der Waals surface area contributed by atoms with Gasteiger partial charge in [0.05, 0.1) is 19.6 Å². The predicted octanol–water partition coefficient (Wildman–Crippen LogP) is 9.22. The van der Waals surface area contributed by atoms with E-state index in [1.54, 1.807) is 5.19 Å². The highest BCUT2D eigenvalue weighted by atomic mass is 28.3. The number of aromatic nitrogens is 2. The molecule has 1 N–H and O–H groups in total. The van der Waals surface area contributed by atoms with Crippen molar-refractivity contribution < 1.29 is 13.9 Å². The van der Waals surface area contributed by atoms with E-state index < -0.39 is 8.07 Å². The third-order valence-electron chi connectivity index (χ3n) is 11.3. The summed E-state index contributed by atoms with van der Waals surface area (Å²) in [6, 6.07) is 16.4. The molecule has 0 saturated heterocycles. The van der Waals surface area contributed by atoms with Gasteiger partial charge in [-0.3, -0.25) is 5.32 Å². The minimum atomic E-state index is -1.74. The second-order valence-corrected chi connectivity index (χ2v) is 21.0. The summed E-state index contributed by atoms with van der Waals surface area (Å²) in [6.45, 7) is 33.8. The van der Waals surface area contributed by atoms with E-state index in [-0.39, 0.29) is 17.4 Å². The highest BCUT2D eigenvalue weighted by Crippen LogP contribution is 2.47. The number of nitrogens with zero attached hydrogens (tertiary/aromatic N) is 2. The SMILES string of the molecule is C=C(OCNC)C1=C(C)CCC2c3ccccc3-c3cc(C(C)C(C)(C)CC)c([Si](C)(C)C)c[n+]3C2C(=C)[n+]2ccc(C(C)C)cc21. The fraction of sp³-hybridized carbons (Fsp3) is 0.476. The van der Waals surface area contributed by atoms with Gasteiger partial charge in [-0.25, -0.2) is 0 Å². The van der Waals surface area contributed by atoms with Gasteiger partial charge in [0.15, 0.2) is 12.4 Å². The highest BCUT2D eigenvalue weighted by molar-refractivity contribution is 6.89. The van der Waals surface area contributed by atoms with Crippen LogP contribution in [0.1, 0.15) is 114 Å². The molecule has 4 heterocycles. The molecule has 0 amide bonds. The maximum Gasteiger partial charge on any atom is 0.249 e. The van der Waals surface area contributed by atoms with Crippen molar-refractivity contribution in [3.05, 3.63) is 102 Å². The van der Waals surface area contributed by atoms with Gasteiger partial charge >= 0.3 is 0 Å². The van der Waals surface area contributed by atoms with E-state index >= 15 is 0 Å². The molecule has 0 aliphatic carbocycles. The van der Waals surface area contributed by atoms with Crippen LogP contribution in [-0.2, 0) is 4.74 Å². The zero-order valence-corrected chi connectivity index (χ0v) is 32.1. The number of nitrogens with one attached hydrogen (secondary N) is 1. The van der Waals surface area contributed by atoms with Crippen molar-refractivity contribution in [1.82, 2.24) is 5.32 Å². The Bertz CT molecular complexity index is 1720. The van der Waals surface area contributed by atoms with Crippen LogP contribution in [-0.4, -0.2) is 21.9 Å². The number of ether oxygens (including phenoxy) is 1. The van der Waals surface area contributed by atoms with Crippen LogP contribution in [0.15, 0.2) is 79.3 Å². The zero-order chi connectivity index (χ0) is 34.4. The molecule has 4 nitrogen and oxygen atoms in total. The molecule has 2 aromatic heterocycles. The molecule has 0 saturated carbocycles. The number of pyridine rings is 2. The summed E-state index contributed by atoms with van der Waals surface area (Å²) in [5.41, 5.74) is 11.7. The Kier molecular flexibility index (Phi) is 9.93. The van der Waals surface area contributed by atoms with E-state index in [1.807, 2.05) is 7.05 Å². The van der Waals surface area contributed by atoms with Gasteiger partial charge in [-0.1, -0.05) is 98.0 Å². The first-order valence-electron chi connectivity index (χ1n) is 17.7. The monoisotopic (exact) mass is 649 g/mol. The van der Waals surface area contributed by atoms with E-state index in [2.05, 4.69) is 144 Å². The molecule has 3 atom stereocenters. The van der Waals surface area contributed by atoms with E-state index in [0.29, 0.717) is 24.3 Å². The maximum absolute atomic E-state index is 6.18. The lowest BCUT2D eigenvalue weighted by Gasteiger charge is -2.36. The first-order valence-corrected chi connectivity index (χ1v) is 21.2. The molecule has 0 bridgehead atoms.